The van der Waals surface area contributed by atoms with Crippen LogP contribution in [-0.2, 0) is 6.42 Å². The Balaban J connectivity index is 2.43. The molecular formula is C13H17F3O2S. The van der Waals surface area contributed by atoms with Crippen molar-refractivity contribution >= 4 is 11.8 Å². The van der Waals surface area contributed by atoms with Crippen LogP contribution in [0.5, 0.6) is 5.75 Å². The molecule has 19 heavy (non-hydrogen) atoms. The summed E-state index contributed by atoms with van der Waals surface area (Å²) in [4.78, 5) is 0. The van der Waals surface area contributed by atoms with E-state index in [0.717, 1.165) is 17.7 Å². The Morgan fingerprint density at radius 3 is 2.42 bits per heavy atom. The van der Waals surface area contributed by atoms with Gasteiger partial charge in [-0.3, -0.25) is 0 Å². The molecule has 1 unspecified atom stereocenters. The van der Waals surface area contributed by atoms with Gasteiger partial charge >= 0.3 is 6.36 Å². The number of hydrogen-bond acceptors (Lipinski definition) is 3. The Kier molecular flexibility index (Phi) is 6.51. The molecule has 0 bridgehead atoms. The molecule has 6 heteroatoms. The van der Waals surface area contributed by atoms with Crippen LogP contribution in [0.2, 0.25) is 0 Å². The molecule has 1 aromatic rings. The Morgan fingerprint density at radius 2 is 1.89 bits per heavy atom. The van der Waals surface area contributed by atoms with Gasteiger partial charge in [-0.25, -0.2) is 0 Å². The molecule has 0 heterocycles. The summed E-state index contributed by atoms with van der Waals surface area (Å²) in [7, 11) is 0. The molecule has 0 aliphatic carbocycles. The van der Waals surface area contributed by atoms with E-state index in [1.807, 2.05) is 0 Å². The third-order valence-electron chi connectivity index (χ3n) is 2.29. The lowest BCUT2D eigenvalue weighted by atomic mass is 10.1. The molecule has 0 aromatic heterocycles. The fourth-order valence-electron chi connectivity index (χ4n) is 1.52. The largest absolute Gasteiger partial charge is 0.573 e. The minimum atomic E-state index is -4.67. The first kappa shape index (κ1) is 16.2. The van der Waals surface area contributed by atoms with Crippen LogP contribution in [0.4, 0.5) is 13.2 Å². The van der Waals surface area contributed by atoms with Gasteiger partial charge in [0.1, 0.15) is 5.75 Å². The maximum Gasteiger partial charge on any atom is 0.573 e. The number of aliphatic hydroxyl groups excluding tert-OH is 1. The number of thioether (sulfide) groups is 1. The summed E-state index contributed by atoms with van der Waals surface area (Å²) in [6.45, 7) is 2.07. The van der Waals surface area contributed by atoms with Gasteiger partial charge in [-0.1, -0.05) is 19.1 Å². The highest BCUT2D eigenvalue weighted by molar-refractivity contribution is 7.99. The first-order chi connectivity index (χ1) is 8.90. The van der Waals surface area contributed by atoms with Gasteiger partial charge < -0.3 is 9.84 Å². The minimum absolute atomic E-state index is 0.244. The van der Waals surface area contributed by atoms with Crippen molar-refractivity contribution < 1.29 is 23.0 Å². The molecule has 0 aliphatic heterocycles. The van der Waals surface area contributed by atoms with Gasteiger partial charge in [0.2, 0.25) is 0 Å². The lowest BCUT2D eigenvalue weighted by Crippen LogP contribution is -2.17. The topological polar surface area (TPSA) is 29.5 Å². The summed E-state index contributed by atoms with van der Waals surface area (Å²) in [5.74, 6) is 1.38. The summed E-state index contributed by atoms with van der Waals surface area (Å²) in [6, 6.07) is 5.59. The summed E-state index contributed by atoms with van der Waals surface area (Å²) < 4.78 is 39.7. The van der Waals surface area contributed by atoms with Crippen molar-refractivity contribution in [3.05, 3.63) is 29.8 Å². The van der Waals surface area contributed by atoms with Crippen LogP contribution < -0.4 is 4.74 Å². The molecule has 0 aliphatic rings. The third kappa shape index (κ3) is 7.32. The Labute approximate surface area is 115 Å². The van der Waals surface area contributed by atoms with Crippen molar-refractivity contribution in [3.63, 3.8) is 0 Å². The molecule has 0 saturated heterocycles. The lowest BCUT2D eigenvalue weighted by Gasteiger charge is -2.12. The minimum Gasteiger partial charge on any atom is -0.406 e. The van der Waals surface area contributed by atoms with Gasteiger partial charge in [-0.15, -0.1) is 13.2 Å². The summed E-state index contributed by atoms with van der Waals surface area (Å²) in [5, 5.41) is 9.75. The van der Waals surface area contributed by atoms with Gasteiger partial charge in [-0.05, 0) is 36.3 Å². The second kappa shape index (κ2) is 7.65. The number of alkyl halides is 3. The van der Waals surface area contributed by atoms with E-state index in [1.54, 1.807) is 11.8 Å². The number of ether oxygens (including phenoxy) is 1. The average molecular weight is 294 g/mol. The number of aliphatic hydroxyl groups is 1. The second-order valence-electron chi connectivity index (χ2n) is 4.12. The highest BCUT2D eigenvalue weighted by atomic mass is 32.2. The molecular weight excluding hydrogens is 277 g/mol. The van der Waals surface area contributed by atoms with E-state index in [4.69, 9.17) is 0 Å². The monoisotopic (exact) mass is 294 g/mol. The van der Waals surface area contributed by atoms with Crippen molar-refractivity contribution in [2.75, 3.05) is 11.5 Å². The first-order valence-electron chi connectivity index (χ1n) is 6.01. The fourth-order valence-corrected chi connectivity index (χ4v) is 2.37. The molecule has 108 valence electrons. The average Bonchev–Trinajstić information content (AvgIpc) is 2.30. The zero-order valence-corrected chi connectivity index (χ0v) is 11.4. The SMILES string of the molecule is CCCSCC(O)Cc1ccc(OC(F)(F)F)cc1. The van der Waals surface area contributed by atoms with Crippen LogP contribution in [0.25, 0.3) is 0 Å². The van der Waals surface area contributed by atoms with E-state index in [-0.39, 0.29) is 5.75 Å². The number of benzene rings is 1. The van der Waals surface area contributed by atoms with Gasteiger partial charge in [0.25, 0.3) is 0 Å². The van der Waals surface area contributed by atoms with E-state index in [0.29, 0.717) is 12.2 Å². The van der Waals surface area contributed by atoms with Crippen LogP contribution in [0.15, 0.2) is 24.3 Å². The molecule has 1 N–H and O–H groups in total. The van der Waals surface area contributed by atoms with Crippen molar-refractivity contribution in [1.29, 1.82) is 0 Å². The molecule has 0 fully saturated rings. The zero-order chi connectivity index (χ0) is 14.3. The van der Waals surface area contributed by atoms with E-state index in [1.165, 1.54) is 24.3 Å². The third-order valence-corrected chi connectivity index (χ3v) is 3.60. The maximum absolute atomic E-state index is 12.0. The number of halogens is 3. The van der Waals surface area contributed by atoms with Gasteiger partial charge in [0.05, 0.1) is 6.10 Å². The lowest BCUT2D eigenvalue weighted by molar-refractivity contribution is -0.274. The highest BCUT2D eigenvalue weighted by Gasteiger charge is 2.30. The van der Waals surface area contributed by atoms with Crippen molar-refractivity contribution in [3.8, 4) is 5.75 Å². The number of rotatable bonds is 7. The van der Waals surface area contributed by atoms with E-state index in [2.05, 4.69) is 11.7 Å². The van der Waals surface area contributed by atoms with E-state index in [9.17, 15) is 18.3 Å². The van der Waals surface area contributed by atoms with Crippen LogP contribution in [0, 0.1) is 0 Å². The maximum atomic E-state index is 12.0. The predicted octanol–water partition coefficient (Wildman–Crippen LogP) is 3.63. The standard InChI is InChI=1S/C13H17F3O2S/c1-2-7-19-9-11(17)8-10-3-5-12(6-4-10)18-13(14,15)16/h3-6,11,17H,2,7-9H2,1H3. The summed E-state index contributed by atoms with van der Waals surface area (Å²) in [5.41, 5.74) is 0.791. The normalized spacial score (nSPS) is 13.3. The number of hydrogen-bond donors (Lipinski definition) is 1. The molecule has 1 aromatic carbocycles. The van der Waals surface area contributed by atoms with Crippen LogP contribution in [0.3, 0.4) is 0 Å². The van der Waals surface area contributed by atoms with E-state index < -0.39 is 12.5 Å². The van der Waals surface area contributed by atoms with Gasteiger partial charge in [0, 0.05) is 5.75 Å². The van der Waals surface area contributed by atoms with Crippen molar-refractivity contribution in [1.82, 2.24) is 0 Å². The van der Waals surface area contributed by atoms with Crippen LogP contribution >= 0.6 is 11.8 Å². The quantitative estimate of drug-likeness (QED) is 0.779. The smallest absolute Gasteiger partial charge is 0.406 e. The fraction of sp³-hybridized carbons (Fsp3) is 0.538. The zero-order valence-electron chi connectivity index (χ0n) is 10.6. The molecule has 1 rings (SSSR count). The molecule has 1 atom stereocenters. The summed E-state index contributed by atoms with van der Waals surface area (Å²) >= 11 is 1.67. The predicted molar refractivity (Wildman–Crippen MR) is 70.5 cm³/mol. The van der Waals surface area contributed by atoms with Crippen molar-refractivity contribution in [2.45, 2.75) is 32.2 Å². The first-order valence-corrected chi connectivity index (χ1v) is 7.16. The molecule has 0 amide bonds. The van der Waals surface area contributed by atoms with E-state index >= 15 is 0 Å². The van der Waals surface area contributed by atoms with Crippen LogP contribution in [0.1, 0.15) is 18.9 Å². The molecule has 2 nitrogen and oxygen atoms in total. The Hall–Kier alpha value is -0.880. The van der Waals surface area contributed by atoms with Crippen LogP contribution in [-0.4, -0.2) is 29.1 Å². The highest BCUT2D eigenvalue weighted by Crippen LogP contribution is 2.23. The molecule has 0 spiro atoms. The second-order valence-corrected chi connectivity index (χ2v) is 5.27. The Bertz CT molecular complexity index is 365. The van der Waals surface area contributed by atoms with Crippen molar-refractivity contribution in [2.24, 2.45) is 0 Å². The summed E-state index contributed by atoms with van der Waals surface area (Å²) in [6.07, 6.45) is -3.66. The van der Waals surface area contributed by atoms with Gasteiger partial charge in [0.15, 0.2) is 0 Å². The molecule has 0 radical (unpaired) electrons. The molecule has 0 saturated carbocycles. The Morgan fingerprint density at radius 1 is 1.26 bits per heavy atom. The van der Waals surface area contributed by atoms with Gasteiger partial charge in [-0.2, -0.15) is 11.8 Å².